The molecule has 2 heterocycles. The highest BCUT2D eigenvalue weighted by molar-refractivity contribution is 7.92. The maximum atomic E-state index is 13.0. The van der Waals surface area contributed by atoms with Gasteiger partial charge in [0.05, 0.1) is 11.4 Å². The molecule has 0 aliphatic heterocycles. The summed E-state index contributed by atoms with van der Waals surface area (Å²) >= 11 is 0.175. The number of hydrogen-bond acceptors (Lipinski definition) is 3. The van der Waals surface area contributed by atoms with Gasteiger partial charge in [0.2, 0.25) is 0 Å². The number of halogens is 1. The van der Waals surface area contributed by atoms with Gasteiger partial charge in [0.15, 0.2) is 12.3 Å². The maximum absolute atomic E-state index is 13.0. The van der Waals surface area contributed by atoms with E-state index in [9.17, 15) is 3.89 Å². The lowest BCUT2D eigenvalue weighted by Gasteiger charge is -2.00. The number of pyridine rings is 1. The van der Waals surface area contributed by atoms with Crippen molar-refractivity contribution in [3.8, 4) is 11.4 Å². The summed E-state index contributed by atoms with van der Waals surface area (Å²) < 4.78 is 14.4. The Hall–Kier alpha value is -1.36. The number of rotatable bonds is 3. The molecule has 1 fully saturated rings. The quantitative estimate of drug-likeness (QED) is 0.843. The zero-order chi connectivity index (χ0) is 12.7. The predicted molar refractivity (Wildman–Crippen MR) is 71.0 cm³/mol. The van der Waals surface area contributed by atoms with Gasteiger partial charge < -0.3 is 0 Å². The molecular weight excluding hydrogens is 249 g/mol. The van der Waals surface area contributed by atoms with Crippen molar-refractivity contribution in [3.63, 3.8) is 0 Å². The van der Waals surface area contributed by atoms with Gasteiger partial charge >= 0.3 is 0 Å². The van der Waals surface area contributed by atoms with Crippen molar-refractivity contribution < 1.29 is 3.89 Å². The molecule has 0 saturated heterocycles. The van der Waals surface area contributed by atoms with Crippen molar-refractivity contribution in [1.82, 2.24) is 14.2 Å². The Kier molecular flexibility index (Phi) is 2.86. The molecule has 1 aliphatic rings. The van der Waals surface area contributed by atoms with Crippen LogP contribution >= 0.6 is 12.3 Å². The summed E-state index contributed by atoms with van der Waals surface area (Å²) in [6.07, 6.45) is 2.27. The van der Waals surface area contributed by atoms with Crippen LogP contribution in [0.5, 0.6) is 0 Å². The number of aryl methyl sites for hydroxylation is 1. The average molecular weight is 263 g/mol. The standard InChI is InChI=1S/C13H14FN3S/c1-8-4-3-5-11(15-8)12-9(2)13(10-6-7-10)17(16-12)18-14/h3-5,10H,6-7H2,1-2H3. The minimum absolute atomic E-state index is 0.175. The van der Waals surface area contributed by atoms with Gasteiger partial charge in [-0.25, -0.2) is 0 Å². The van der Waals surface area contributed by atoms with E-state index in [1.807, 2.05) is 32.0 Å². The van der Waals surface area contributed by atoms with Crippen LogP contribution in [-0.2, 0) is 0 Å². The molecule has 0 bridgehead atoms. The van der Waals surface area contributed by atoms with Crippen molar-refractivity contribution in [3.05, 3.63) is 35.2 Å². The van der Waals surface area contributed by atoms with Crippen LogP contribution in [0.3, 0.4) is 0 Å². The average Bonchev–Trinajstić information content (AvgIpc) is 3.13. The fourth-order valence-corrected chi connectivity index (χ4v) is 2.75. The van der Waals surface area contributed by atoms with Gasteiger partial charge in [-0.15, -0.1) is 3.89 Å². The molecule has 1 saturated carbocycles. The van der Waals surface area contributed by atoms with E-state index < -0.39 is 0 Å². The van der Waals surface area contributed by atoms with Crippen LogP contribution in [0.25, 0.3) is 11.4 Å². The first-order valence-electron chi connectivity index (χ1n) is 6.03. The zero-order valence-electron chi connectivity index (χ0n) is 10.4. The second kappa shape index (κ2) is 4.39. The normalized spacial score (nSPS) is 15.1. The molecule has 18 heavy (non-hydrogen) atoms. The van der Waals surface area contributed by atoms with Crippen LogP contribution in [0.15, 0.2) is 18.2 Å². The van der Waals surface area contributed by atoms with Crippen molar-refractivity contribution in [2.45, 2.75) is 32.6 Å². The molecule has 0 amide bonds. The van der Waals surface area contributed by atoms with Crippen molar-refractivity contribution >= 4 is 12.3 Å². The van der Waals surface area contributed by atoms with E-state index in [4.69, 9.17) is 0 Å². The molecule has 2 aromatic rings. The van der Waals surface area contributed by atoms with Gasteiger partial charge in [0, 0.05) is 17.2 Å². The summed E-state index contributed by atoms with van der Waals surface area (Å²) in [6.45, 7) is 3.95. The molecule has 0 aromatic carbocycles. The van der Waals surface area contributed by atoms with Gasteiger partial charge in [0.25, 0.3) is 0 Å². The van der Waals surface area contributed by atoms with Crippen LogP contribution in [0.2, 0.25) is 0 Å². The smallest absolute Gasteiger partial charge is 0.187 e. The SMILES string of the molecule is Cc1cccc(-c2nn(SF)c(C3CC3)c2C)n1. The fourth-order valence-electron chi connectivity index (χ4n) is 2.27. The molecule has 0 radical (unpaired) electrons. The third-order valence-electron chi connectivity index (χ3n) is 3.30. The summed E-state index contributed by atoms with van der Waals surface area (Å²) in [6, 6.07) is 5.82. The molecule has 0 N–H and O–H groups in total. The Morgan fingerprint density at radius 2 is 2.11 bits per heavy atom. The number of nitrogens with zero attached hydrogens (tertiary/aromatic N) is 3. The first-order chi connectivity index (χ1) is 8.70. The summed E-state index contributed by atoms with van der Waals surface area (Å²) in [5.74, 6) is 0.472. The molecular formula is C13H14FN3S. The van der Waals surface area contributed by atoms with E-state index >= 15 is 0 Å². The second-order valence-corrected chi connectivity index (χ2v) is 5.22. The van der Waals surface area contributed by atoms with E-state index in [1.165, 1.54) is 4.09 Å². The minimum Gasteiger partial charge on any atom is -0.251 e. The van der Waals surface area contributed by atoms with E-state index in [0.717, 1.165) is 41.2 Å². The van der Waals surface area contributed by atoms with Crippen LogP contribution in [0.4, 0.5) is 3.89 Å². The van der Waals surface area contributed by atoms with Crippen LogP contribution in [-0.4, -0.2) is 14.2 Å². The van der Waals surface area contributed by atoms with Crippen LogP contribution in [0.1, 0.15) is 35.7 Å². The molecule has 0 spiro atoms. The molecule has 3 nitrogen and oxygen atoms in total. The van der Waals surface area contributed by atoms with E-state index in [0.29, 0.717) is 5.92 Å². The highest BCUT2D eigenvalue weighted by Gasteiger charge is 2.32. The maximum Gasteiger partial charge on any atom is 0.187 e. The Morgan fingerprint density at radius 3 is 2.72 bits per heavy atom. The summed E-state index contributed by atoms with van der Waals surface area (Å²) in [4.78, 5) is 4.47. The molecule has 1 aliphatic carbocycles. The molecule has 5 heteroatoms. The summed E-state index contributed by atoms with van der Waals surface area (Å²) in [7, 11) is 0. The summed E-state index contributed by atoms with van der Waals surface area (Å²) in [5, 5.41) is 4.34. The van der Waals surface area contributed by atoms with Gasteiger partial charge in [-0.05, 0) is 38.8 Å². The first-order valence-corrected chi connectivity index (χ1v) is 6.70. The van der Waals surface area contributed by atoms with Crippen molar-refractivity contribution in [2.24, 2.45) is 0 Å². The van der Waals surface area contributed by atoms with Crippen molar-refractivity contribution in [2.75, 3.05) is 0 Å². The van der Waals surface area contributed by atoms with E-state index in [1.54, 1.807) is 0 Å². The zero-order valence-corrected chi connectivity index (χ0v) is 11.2. The van der Waals surface area contributed by atoms with Gasteiger partial charge in [-0.3, -0.25) is 4.98 Å². The third kappa shape index (κ3) is 1.92. The largest absolute Gasteiger partial charge is 0.251 e. The molecule has 0 atom stereocenters. The highest BCUT2D eigenvalue weighted by atomic mass is 32.2. The van der Waals surface area contributed by atoms with E-state index in [-0.39, 0.29) is 12.3 Å². The predicted octanol–water partition coefficient (Wildman–Crippen LogP) is 3.82. The molecule has 2 aromatic heterocycles. The third-order valence-corrected chi connectivity index (χ3v) is 3.71. The first kappa shape index (κ1) is 11.7. The Labute approximate surface area is 110 Å². The highest BCUT2D eigenvalue weighted by Crippen LogP contribution is 2.44. The molecule has 0 unspecified atom stereocenters. The number of aromatic nitrogens is 3. The van der Waals surface area contributed by atoms with Gasteiger partial charge in [0.1, 0.15) is 5.69 Å². The Bertz CT molecular complexity index is 590. The minimum atomic E-state index is 0.175. The van der Waals surface area contributed by atoms with Gasteiger partial charge in [-0.1, -0.05) is 6.07 Å². The molecule has 3 rings (SSSR count). The lowest BCUT2D eigenvalue weighted by Crippen LogP contribution is -1.93. The van der Waals surface area contributed by atoms with E-state index in [2.05, 4.69) is 10.1 Å². The van der Waals surface area contributed by atoms with Crippen LogP contribution < -0.4 is 0 Å². The Balaban J connectivity index is 2.12. The topological polar surface area (TPSA) is 30.7 Å². The second-order valence-electron chi connectivity index (χ2n) is 4.74. The Morgan fingerprint density at radius 1 is 1.33 bits per heavy atom. The summed E-state index contributed by atoms with van der Waals surface area (Å²) in [5.41, 5.74) is 4.64. The fraction of sp³-hybridized carbons (Fsp3) is 0.385. The van der Waals surface area contributed by atoms with Gasteiger partial charge in [-0.2, -0.15) is 9.19 Å². The monoisotopic (exact) mass is 263 g/mol. The van der Waals surface area contributed by atoms with Crippen molar-refractivity contribution in [1.29, 1.82) is 0 Å². The lowest BCUT2D eigenvalue weighted by molar-refractivity contribution is 0.839. The van der Waals surface area contributed by atoms with Crippen LogP contribution in [0, 0.1) is 13.8 Å². The number of hydrogen-bond donors (Lipinski definition) is 0. The lowest BCUT2D eigenvalue weighted by atomic mass is 10.1. The molecule has 94 valence electrons.